The van der Waals surface area contributed by atoms with E-state index in [9.17, 15) is 14.4 Å². The van der Waals surface area contributed by atoms with E-state index in [1.54, 1.807) is 0 Å². The van der Waals surface area contributed by atoms with E-state index in [1.807, 2.05) is 48.6 Å². The quantitative estimate of drug-likeness (QED) is 0.620. The van der Waals surface area contributed by atoms with Gasteiger partial charge in [0.25, 0.3) is 0 Å². The number of ketones is 2. The Balaban J connectivity index is 1.79. The van der Waals surface area contributed by atoms with Crippen molar-refractivity contribution < 1.29 is 19.1 Å². The molecule has 0 unspecified atom stereocenters. The van der Waals surface area contributed by atoms with E-state index < -0.39 is 17.3 Å². The summed E-state index contributed by atoms with van der Waals surface area (Å²) in [7, 11) is 1.26. The molecular weight excluding hydrogens is 304 g/mol. The Labute approximate surface area is 139 Å². The molecule has 1 fully saturated rings. The molecule has 0 saturated heterocycles. The predicted octanol–water partition coefficient (Wildman–Crippen LogP) is 2.37. The van der Waals surface area contributed by atoms with Gasteiger partial charge in [-0.15, -0.1) is 0 Å². The molecule has 24 heavy (non-hydrogen) atoms. The monoisotopic (exact) mass is 320 g/mol. The van der Waals surface area contributed by atoms with Crippen molar-refractivity contribution in [2.75, 3.05) is 7.11 Å². The van der Waals surface area contributed by atoms with Crippen LogP contribution in [0.5, 0.6) is 0 Å². The van der Waals surface area contributed by atoms with Gasteiger partial charge in [-0.3, -0.25) is 14.4 Å². The van der Waals surface area contributed by atoms with Gasteiger partial charge in [0, 0.05) is 11.8 Å². The highest BCUT2D eigenvalue weighted by atomic mass is 16.5. The van der Waals surface area contributed by atoms with Crippen molar-refractivity contribution in [3.63, 3.8) is 0 Å². The lowest BCUT2D eigenvalue weighted by molar-refractivity contribution is -0.184. The van der Waals surface area contributed by atoms with E-state index in [1.165, 1.54) is 19.3 Å². The minimum absolute atomic E-state index is 0.147. The molecule has 0 amide bonds. The number of allylic oxidation sites excluding steroid dienone is 5. The first-order valence-electron chi connectivity index (χ1n) is 7.90. The summed E-state index contributed by atoms with van der Waals surface area (Å²) in [6.45, 7) is 0. The van der Waals surface area contributed by atoms with Crippen molar-refractivity contribution in [1.29, 1.82) is 0 Å². The van der Waals surface area contributed by atoms with Crippen LogP contribution in [0.3, 0.4) is 0 Å². The van der Waals surface area contributed by atoms with E-state index >= 15 is 0 Å². The van der Waals surface area contributed by atoms with Gasteiger partial charge in [-0.05, 0) is 23.3 Å². The maximum absolute atomic E-state index is 12.5. The first kappa shape index (κ1) is 14.8. The molecule has 4 heteroatoms. The Kier molecular flexibility index (Phi) is 3.17. The summed E-state index contributed by atoms with van der Waals surface area (Å²) in [6.07, 6.45) is 8.32. The summed E-state index contributed by atoms with van der Waals surface area (Å²) in [4.78, 5) is 37.4. The van der Waals surface area contributed by atoms with Gasteiger partial charge in [-0.2, -0.15) is 0 Å². The van der Waals surface area contributed by atoms with Gasteiger partial charge in [-0.1, -0.05) is 48.6 Å². The van der Waals surface area contributed by atoms with E-state index in [4.69, 9.17) is 4.74 Å². The molecule has 4 atom stereocenters. The minimum Gasteiger partial charge on any atom is -0.468 e. The number of carbonyl (C=O) groups excluding carboxylic acids is 3. The van der Waals surface area contributed by atoms with Crippen LogP contribution in [-0.2, 0) is 19.1 Å². The van der Waals surface area contributed by atoms with E-state index in [0.29, 0.717) is 0 Å². The Morgan fingerprint density at radius 1 is 1.12 bits per heavy atom. The van der Waals surface area contributed by atoms with Gasteiger partial charge in [0.05, 0.1) is 13.0 Å². The number of carbonyl (C=O) groups is 3. The molecule has 120 valence electrons. The highest BCUT2D eigenvalue weighted by Gasteiger charge is 2.73. The summed E-state index contributed by atoms with van der Waals surface area (Å²) in [6, 6.07) is 9.79. The summed E-state index contributed by atoms with van der Waals surface area (Å²) in [5, 5.41) is 0. The number of esters is 1. The second-order valence-corrected chi connectivity index (χ2v) is 6.40. The average Bonchev–Trinajstić information content (AvgIpc) is 2.92. The third-order valence-electron chi connectivity index (χ3n) is 5.41. The van der Waals surface area contributed by atoms with Crippen molar-refractivity contribution in [3.05, 3.63) is 65.8 Å². The summed E-state index contributed by atoms with van der Waals surface area (Å²) >= 11 is 0. The number of ether oxygens (including phenoxy) is 1. The normalized spacial score (nSPS) is 34.7. The maximum Gasteiger partial charge on any atom is 0.321 e. The molecule has 1 saturated carbocycles. The fraction of sp³-hybridized carbons (Fsp3) is 0.250. The van der Waals surface area contributed by atoms with Crippen LogP contribution in [0.4, 0.5) is 0 Å². The molecule has 0 aromatic heterocycles. The zero-order valence-electron chi connectivity index (χ0n) is 13.1. The fourth-order valence-corrected chi connectivity index (χ4v) is 4.40. The molecule has 0 aliphatic heterocycles. The zero-order valence-corrected chi connectivity index (χ0v) is 13.1. The second-order valence-electron chi connectivity index (χ2n) is 6.40. The van der Waals surface area contributed by atoms with Crippen LogP contribution in [0.2, 0.25) is 0 Å². The first-order chi connectivity index (χ1) is 11.6. The highest BCUT2D eigenvalue weighted by Crippen LogP contribution is 2.65. The Morgan fingerprint density at radius 2 is 1.88 bits per heavy atom. The topological polar surface area (TPSA) is 60.4 Å². The van der Waals surface area contributed by atoms with Crippen LogP contribution in [0, 0.1) is 23.2 Å². The third kappa shape index (κ3) is 1.71. The maximum atomic E-state index is 12.5. The van der Waals surface area contributed by atoms with Crippen molar-refractivity contribution in [2.24, 2.45) is 23.2 Å². The molecule has 0 heterocycles. The summed E-state index contributed by atoms with van der Waals surface area (Å²) < 4.78 is 4.90. The lowest BCUT2D eigenvalue weighted by Crippen LogP contribution is -2.67. The molecular formula is C20H16O4. The van der Waals surface area contributed by atoms with Gasteiger partial charge >= 0.3 is 5.97 Å². The average molecular weight is 320 g/mol. The van der Waals surface area contributed by atoms with Gasteiger partial charge in [0.15, 0.2) is 11.6 Å². The molecule has 1 aromatic rings. The molecule has 4 rings (SSSR count). The summed E-state index contributed by atoms with van der Waals surface area (Å²) in [5.74, 6) is -2.24. The zero-order chi connectivity index (χ0) is 16.9. The first-order valence-corrected chi connectivity index (χ1v) is 7.90. The smallest absolute Gasteiger partial charge is 0.321 e. The Bertz CT molecular complexity index is 830. The van der Waals surface area contributed by atoms with Crippen LogP contribution in [0.15, 0.2) is 60.2 Å². The molecule has 0 bridgehead atoms. The van der Waals surface area contributed by atoms with Crippen molar-refractivity contribution in [1.82, 2.24) is 0 Å². The standard InChI is InChI=1S/C20H16O4/c1-24-19(23)20-14-8-7-13(11-12-5-3-2-4-6-12)17(14)18(20)15(21)9-10-16(20)22/h2-11,14,17-18H,1H3/b13-11-/t14-,17+,18-,20+/m1/s1. The highest BCUT2D eigenvalue weighted by molar-refractivity contribution is 6.20. The lowest BCUT2D eigenvalue weighted by Gasteiger charge is -2.55. The van der Waals surface area contributed by atoms with Gasteiger partial charge in [-0.25, -0.2) is 0 Å². The summed E-state index contributed by atoms with van der Waals surface area (Å²) in [5.41, 5.74) is 0.624. The van der Waals surface area contributed by atoms with Gasteiger partial charge in [0.2, 0.25) is 0 Å². The number of rotatable bonds is 2. The van der Waals surface area contributed by atoms with E-state index in [2.05, 4.69) is 0 Å². The van der Waals surface area contributed by atoms with Crippen molar-refractivity contribution >= 4 is 23.6 Å². The van der Waals surface area contributed by atoms with Gasteiger partial charge < -0.3 is 4.74 Å². The minimum atomic E-state index is -1.38. The molecule has 1 aromatic carbocycles. The number of hydrogen-bond acceptors (Lipinski definition) is 4. The van der Waals surface area contributed by atoms with Crippen LogP contribution in [0.25, 0.3) is 6.08 Å². The number of benzene rings is 1. The molecule has 0 spiro atoms. The van der Waals surface area contributed by atoms with Crippen molar-refractivity contribution in [3.8, 4) is 0 Å². The SMILES string of the molecule is COC(=O)[C@@]12C(=O)C=CC(=O)[C@@H]1[C@H]1/C(=C\c3ccccc3)C=C[C@H]12. The van der Waals surface area contributed by atoms with Gasteiger partial charge in [0.1, 0.15) is 5.41 Å². The molecule has 4 nitrogen and oxygen atoms in total. The largest absolute Gasteiger partial charge is 0.468 e. The van der Waals surface area contributed by atoms with Crippen LogP contribution < -0.4 is 0 Å². The van der Waals surface area contributed by atoms with Crippen molar-refractivity contribution in [2.45, 2.75) is 0 Å². The number of methoxy groups -OCH3 is 1. The number of fused-ring (bicyclic) bond motifs is 4. The molecule has 0 radical (unpaired) electrons. The van der Waals surface area contributed by atoms with Crippen LogP contribution in [0.1, 0.15) is 5.56 Å². The fourth-order valence-electron chi connectivity index (χ4n) is 4.40. The Morgan fingerprint density at radius 3 is 2.58 bits per heavy atom. The second kappa shape index (κ2) is 5.13. The Hall–Kier alpha value is -2.75. The molecule has 3 aliphatic rings. The van der Waals surface area contributed by atoms with Crippen LogP contribution in [-0.4, -0.2) is 24.6 Å². The number of hydrogen-bond donors (Lipinski definition) is 0. The lowest BCUT2D eigenvalue weighted by atomic mass is 9.43. The van der Waals surface area contributed by atoms with Crippen LogP contribution >= 0.6 is 0 Å². The van der Waals surface area contributed by atoms with E-state index in [-0.39, 0.29) is 23.4 Å². The van der Waals surface area contributed by atoms with E-state index in [0.717, 1.165) is 11.1 Å². The molecule has 0 N–H and O–H groups in total. The third-order valence-corrected chi connectivity index (χ3v) is 5.41. The predicted molar refractivity (Wildman–Crippen MR) is 87.6 cm³/mol. The molecule has 3 aliphatic carbocycles.